The second-order valence-corrected chi connectivity index (χ2v) is 14.6. The number of rotatable bonds is 9. The van der Waals surface area contributed by atoms with Crippen molar-refractivity contribution in [2.24, 2.45) is 17.8 Å². The van der Waals surface area contributed by atoms with Gasteiger partial charge in [0.1, 0.15) is 23.6 Å². The van der Waals surface area contributed by atoms with Crippen molar-refractivity contribution in [3.8, 4) is 23.0 Å². The number of nitrogens with zero attached hydrogens (tertiary/aromatic N) is 1. The first-order valence-corrected chi connectivity index (χ1v) is 18.0. The average Bonchev–Trinajstić information content (AvgIpc) is 3.50. The highest BCUT2D eigenvalue weighted by Gasteiger charge is 2.54. The van der Waals surface area contributed by atoms with E-state index in [9.17, 15) is 19.2 Å². The summed E-state index contributed by atoms with van der Waals surface area (Å²) < 4.78 is 49.2. The van der Waals surface area contributed by atoms with Gasteiger partial charge in [0, 0.05) is 42.9 Å². The summed E-state index contributed by atoms with van der Waals surface area (Å²) in [6.07, 6.45) is -1.41. The maximum atomic E-state index is 13.8. The third-order valence-electron chi connectivity index (χ3n) is 10.4. The van der Waals surface area contributed by atoms with Gasteiger partial charge in [-0.15, -0.1) is 0 Å². The molecule has 3 aliphatic rings. The first kappa shape index (κ1) is 38.7. The largest absolute Gasteiger partial charge is 0.514 e. The van der Waals surface area contributed by atoms with E-state index in [0.29, 0.717) is 25.1 Å². The van der Waals surface area contributed by atoms with E-state index in [1.165, 1.54) is 46.1 Å². The minimum absolute atomic E-state index is 0.0151. The van der Waals surface area contributed by atoms with Crippen LogP contribution < -0.4 is 18.9 Å². The molecule has 3 aromatic rings. The number of piperidine rings is 1. The summed E-state index contributed by atoms with van der Waals surface area (Å²) in [5.74, 6) is -1.58. The van der Waals surface area contributed by atoms with E-state index in [1.54, 1.807) is 39.8 Å². The zero-order valence-corrected chi connectivity index (χ0v) is 31.8. The fourth-order valence-corrected chi connectivity index (χ4v) is 8.20. The summed E-state index contributed by atoms with van der Waals surface area (Å²) in [7, 11) is 5.57. The molecule has 1 aromatic heterocycles. The molecule has 1 aliphatic carbocycles. The van der Waals surface area contributed by atoms with Crippen molar-refractivity contribution in [3.63, 3.8) is 0 Å². The van der Waals surface area contributed by atoms with Crippen LogP contribution in [-0.4, -0.2) is 100 Å². The maximum Gasteiger partial charge on any atom is 0.514 e. The third kappa shape index (κ3) is 7.78. The van der Waals surface area contributed by atoms with Crippen LogP contribution in [0.5, 0.6) is 23.0 Å². The van der Waals surface area contributed by atoms with Crippen molar-refractivity contribution in [1.29, 1.82) is 0 Å². The van der Waals surface area contributed by atoms with E-state index in [1.807, 2.05) is 6.07 Å². The molecule has 6 rings (SSSR count). The van der Waals surface area contributed by atoms with Crippen molar-refractivity contribution in [3.05, 3.63) is 47.2 Å². The molecule has 292 valence electrons. The standard InChI is InChI=1S/C39H48N2O13/c1-9-50-37(44)53-33-28(46-5)14-20(15-29(33)47-6)35(42)52-30-16-21-19-41-13-12-24-23-11-10-22(51-38(45)54-39(2,3)4)17-26(23)40-32(24)27(41)18-25(21)31(34(30)48-7)36(43)49-8/h10-11,14-15,17,21,25,27,30-31,34,40H,9,12-13,16,18-19H2,1-8H3/t21-,25+,27-,30-,31+,34+/m1/s1. The molecule has 15 heteroatoms. The van der Waals surface area contributed by atoms with E-state index in [4.69, 9.17) is 42.6 Å². The lowest BCUT2D eigenvalue weighted by Crippen LogP contribution is -2.58. The molecule has 6 atom stereocenters. The minimum Gasteiger partial charge on any atom is -0.493 e. The molecule has 2 fully saturated rings. The summed E-state index contributed by atoms with van der Waals surface area (Å²) in [5.41, 5.74) is 2.50. The smallest absolute Gasteiger partial charge is 0.493 e. The number of carbonyl (C=O) groups excluding carboxylic acids is 4. The Bertz CT molecular complexity index is 1870. The Morgan fingerprint density at radius 1 is 0.926 bits per heavy atom. The molecule has 2 aliphatic heterocycles. The Balaban J connectivity index is 1.24. The SMILES string of the molecule is CCOC(=O)Oc1c(OC)cc(C(=O)O[C@@H]2C[C@@H]3CN4CCc5c([nH]c6cc(OC(=O)OC(C)(C)C)ccc56)[C@H]4C[C@@H]3[C@H](C(=O)OC)[C@H]2OC)cc1OC. The Labute approximate surface area is 313 Å². The van der Waals surface area contributed by atoms with Crippen LogP contribution in [0.3, 0.4) is 0 Å². The molecule has 1 saturated heterocycles. The van der Waals surface area contributed by atoms with Crippen LogP contribution >= 0.6 is 0 Å². The van der Waals surface area contributed by atoms with Gasteiger partial charge < -0.3 is 47.6 Å². The number of H-pyrrole nitrogens is 1. The highest BCUT2D eigenvalue weighted by Crippen LogP contribution is 2.51. The zero-order valence-electron chi connectivity index (χ0n) is 31.8. The summed E-state index contributed by atoms with van der Waals surface area (Å²) in [4.78, 5) is 57.8. The highest BCUT2D eigenvalue weighted by molar-refractivity contribution is 5.92. The van der Waals surface area contributed by atoms with Gasteiger partial charge in [-0.3, -0.25) is 9.69 Å². The molecule has 0 spiro atoms. The van der Waals surface area contributed by atoms with Gasteiger partial charge in [-0.25, -0.2) is 14.4 Å². The van der Waals surface area contributed by atoms with Gasteiger partial charge >= 0.3 is 24.2 Å². The number of fused-ring (bicyclic) bond motifs is 6. The Kier molecular flexibility index (Phi) is 11.3. The second kappa shape index (κ2) is 15.8. The minimum atomic E-state index is -0.957. The molecule has 1 saturated carbocycles. The van der Waals surface area contributed by atoms with Gasteiger partial charge in [0.05, 0.1) is 45.5 Å². The van der Waals surface area contributed by atoms with Crippen LogP contribution in [0.25, 0.3) is 10.9 Å². The molecule has 2 aromatic carbocycles. The zero-order chi connectivity index (χ0) is 38.9. The van der Waals surface area contributed by atoms with Crippen molar-refractivity contribution < 1.29 is 61.8 Å². The lowest BCUT2D eigenvalue weighted by atomic mass is 9.63. The molecule has 0 unspecified atom stereocenters. The fraction of sp³-hybridized carbons (Fsp3) is 0.538. The normalized spacial score (nSPS) is 23.6. The topological polar surface area (TPSA) is 170 Å². The third-order valence-corrected chi connectivity index (χ3v) is 10.4. The number of aromatic amines is 1. The van der Waals surface area contributed by atoms with Crippen molar-refractivity contribution in [2.75, 3.05) is 48.1 Å². The predicted molar refractivity (Wildman–Crippen MR) is 192 cm³/mol. The summed E-state index contributed by atoms with van der Waals surface area (Å²) in [6, 6.07) is 8.27. The molecule has 15 nitrogen and oxygen atoms in total. The van der Waals surface area contributed by atoms with Crippen LogP contribution in [0, 0.1) is 17.8 Å². The number of ether oxygens (including phenoxy) is 9. The Hall–Kier alpha value is -5.02. The molecule has 1 N–H and O–H groups in total. The van der Waals surface area contributed by atoms with E-state index in [2.05, 4.69) is 9.88 Å². The molecular formula is C39H48N2O13. The lowest BCUT2D eigenvalue weighted by molar-refractivity contribution is -0.176. The number of carbonyl (C=O) groups is 4. The number of esters is 2. The summed E-state index contributed by atoms with van der Waals surface area (Å²) >= 11 is 0. The molecule has 3 heterocycles. The van der Waals surface area contributed by atoms with Gasteiger partial charge in [0.15, 0.2) is 11.5 Å². The predicted octanol–water partition coefficient (Wildman–Crippen LogP) is 6.00. The van der Waals surface area contributed by atoms with Gasteiger partial charge in [0.2, 0.25) is 5.75 Å². The second-order valence-electron chi connectivity index (χ2n) is 14.6. The summed E-state index contributed by atoms with van der Waals surface area (Å²) in [6.45, 7) is 8.53. The van der Waals surface area contributed by atoms with Gasteiger partial charge in [-0.1, -0.05) is 0 Å². The molecule has 0 bridgehead atoms. The number of aromatic nitrogens is 1. The van der Waals surface area contributed by atoms with Crippen LogP contribution in [0.15, 0.2) is 30.3 Å². The Morgan fingerprint density at radius 2 is 1.65 bits per heavy atom. The number of nitrogens with one attached hydrogen (secondary N) is 1. The van der Waals surface area contributed by atoms with Crippen LogP contribution in [-0.2, 0) is 34.9 Å². The first-order valence-electron chi connectivity index (χ1n) is 18.0. The van der Waals surface area contributed by atoms with Gasteiger partial charge in [0.25, 0.3) is 0 Å². The molecule has 54 heavy (non-hydrogen) atoms. The highest BCUT2D eigenvalue weighted by atomic mass is 16.7. The number of hydrogen-bond acceptors (Lipinski definition) is 14. The molecule has 0 amide bonds. The van der Waals surface area contributed by atoms with E-state index < -0.39 is 48.0 Å². The quantitative estimate of drug-likeness (QED) is 0.153. The fourth-order valence-electron chi connectivity index (χ4n) is 8.20. The number of benzene rings is 2. The Morgan fingerprint density at radius 3 is 2.28 bits per heavy atom. The van der Waals surface area contributed by atoms with E-state index in [-0.39, 0.29) is 47.3 Å². The summed E-state index contributed by atoms with van der Waals surface area (Å²) in [5, 5.41) is 1.05. The average molecular weight is 753 g/mol. The van der Waals surface area contributed by atoms with Crippen molar-refractivity contribution in [2.45, 2.75) is 70.8 Å². The molecular weight excluding hydrogens is 704 g/mol. The van der Waals surface area contributed by atoms with E-state index >= 15 is 0 Å². The first-order chi connectivity index (χ1) is 25.8. The van der Waals surface area contributed by atoms with Crippen molar-refractivity contribution >= 4 is 35.2 Å². The van der Waals surface area contributed by atoms with Crippen LogP contribution in [0.4, 0.5) is 9.59 Å². The monoisotopic (exact) mass is 752 g/mol. The number of hydrogen-bond donors (Lipinski definition) is 1. The van der Waals surface area contributed by atoms with Crippen molar-refractivity contribution in [1.82, 2.24) is 9.88 Å². The van der Waals surface area contributed by atoms with Gasteiger partial charge in [-0.05, 0) is 88.6 Å². The maximum absolute atomic E-state index is 13.8. The molecule has 0 radical (unpaired) electrons. The lowest BCUT2D eigenvalue weighted by Gasteiger charge is -2.52. The van der Waals surface area contributed by atoms with Gasteiger partial charge in [-0.2, -0.15) is 0 Å². The van der Waals surface area contributed by atoms with E-state index in [0.717, 1.165) is 29.6 Å². The number of methoxy groups -OCH3 is 4. The van der Waals surface area contributed by atoms with Crippen LogP contribution in [0.1, 0.15) is 68.2 Å². The van der Waals surface area contributed by atoms with Crippen LogP contribution in [0.2, 0.25) is 0 Å².